The fourth-order valence-corrected chi connectivity index (χ4v) is 2.44. The molecule has 2 N–H and O–H groups in total. The minimum atomic E-state index is -0.169. The van der Waals surface area contributed by atoms with E-state index in [1.807, 2.05) is 0 Å². The molecule has 1 aromatic carbocycles. The molecule has 146 valence electrons. The van der Waals surface area contributed by atoms with Crippen molar-refractivity contribution < 1.29 is 28.5 Å². The molecular formula is C20H20N2O6. The third-order valence-corrected chi connectivity index (χ3v) is 3.66. The lowest BCUT2D eigenvalue weighted by Crippen LogP contribution is -1.99. The number of benzene rings is 1. The van der Waals surface area contributed by atoms with Gasteiger partial charge in [0.1, 0.15) is 37.5 Å². The van der Waals surface area contributed by atoms with E-state index in [1.54, 1.807) is 12.1 Å². The first-order valence-electron chi connectivity index (χ1n) is 8.77. The number of nitrogens with zero attached hydrogens (tertiary/aromatic N) is 2. The van der Waals surface area contributed by atoms with Gasteiger partial charge >= 0.3 is 0 Å². The molecule has 0 bridgehead atoms. The highest BCUT2D eigenvalue weighted by atomic mass is 16.5. The summed E-state index contributed by atoms with van der Waals surface area (Å²) in [5.41, 5.74) is 2.66. The number of fused-ring (bicyclic) bond motifs is 2. The number of ether oxygens (including phenoxy) is 2. The second-order valence-corrected chi connectivity index (χ2v) is 5.63. The maximum absolute atomic E-state index is 8.56. The zero-order valence-corrected chi connectivity index (χ0v) is 15.2. The topological polar surface area (TPSA) is 111 Å². The van der Waals surface area contributed by atoms with E-state index in [4.69, 9.17) is 28.5 Å². The molecule has 0 saturated carbocycles. The van der Waals surface area contributed by atoms with E-state index in [1.165, 1.54) is 0 Å². The van der Waals surface area contributed by atoms with E-state index in [2.05, 4.69) is 33.6 Å². The summed E-state index contributed by atoms with van der Waals surface area (Å²) in [7, 11) is 0. The van der Waals surface area contributed by atoms with E-state index in [-0.39, 0.29) is 26.4 Å². The SMILES string of the molecule is OCC#CCOCCc1nc2cc3oc(CCOCC#CCO)nc3cc2o1. The first-order chi connectivity index (χ1) is 13.8. The van der Waals surface area contributed by atoms with E-state index >= 15 is 0 Å². The van der Waals surface area contributed by atoms with Crippen molar-refractivity contribution in [3.63, 3.8) is 0 Å². The predicted molar refractivity (Wildman–Crippen MR) is 100 cm³/mol. The maximum atomic E-state index is 8.56. The Morgan fingerprint density at radius 2 is 1.21 bits per heavy atom. The molecule has 3 rings (SSSR count). The Morgan fingerprint density at radius 1 is 0.750 bits per heavy atom. The summed E-state index contributed by atoms with van der Waals surface area (Å²) < 4.78 is 22.1. The normalized spacial score (nSPS) is 10.6. The number of hydrogen-bond acceptors (Lipinski definition) is 8. The molecule has 0 amide bonds. The fourth-order valence-electron chi connectivity index (χ4n) is 2.44. The van der Waals surface area contributed by atoms with Crippen LogP contribution in [-0.4, -0.2) is 59.8 Å². The van der Waals surface area contributed by atoms with Crippen LogP contribution in [0.5, 0.6) is 0 Å². The minimum Gasteiger partial charge on any atom is -0.441 e. The average Bonchev–Trinajstić information content (AvgIpc) is 3.27. The summed E-state index contributed by atoms with van der Waals surface area (Å²) in [5.74, 6) is 11.5. The van der Waals surface area contributed by atoms with Gasteiger partial charge in [0.2, 0.25) is 0 Å². The van der Waals surface area contributed by atoms with E-state index in [0.717, 1.165) is 0 Å². The van der Waals surface area contributed by atoms with Gasteiger partial charge in [0.15, 0.2) is 22.9 Å². The minimum absolute atomic E-state index is 0.169. The van der Waals surface area contributed by atoms with Crippen LogP contribution in [0.2, 0.25) is 0 Å². The van der Waals surface area contributed by atoms with Crippen LogP contribution in [0.25, 0.3) is 22.2 Å². The van der Waals surface area contributed by atoms with Crippen molar-refractivity contribution in [1.82, 2.24) is 9.97 Å². The van der Waals surface area contributed by atoms with Gasteiger partial charge in [-0.2, -0.15) is 0 Å². The molecule has 0 fully saturated rings. The third kappa shape index (κ3) is 5.56. The van der Waals surface area contributed by atoms with Crippen molar-refractivity contribution in [2.75, 3.05) is 39.6 Å². The van der Waals surface area contributed by atoms with Gasteiger partial charge in [-0.1, -0.05) is 23.7 Å². The van der Waals surface area contributed by atoms with Gasteiger partial charge in [0, 0.05) is 25.0 Å². The van der Waals surface area contributed by atoms with E-state index in [0.29, 0.717) is 60.0 Å². The molecule has 0 atom stereocenters. The Balaban J connectivity index is 1.56. The summed E-state index contributed by atoms with van der Waals surface area (Å²) in [6.07, 6.45) is 1.04. The number of hydrogen-bond donors (Lipinski definition) is 2. The third-order valence-electron chi connectivity index (χ3n) is 3.66. The Bertz CT molecular complexity index is 900. The van der Waals surface area contributed by atoms with Crippen molar-refractivity contribution in [2.45, 2.75) is 12.8 Å². The van der Waals surface area contributed by atoms with Crippen LogP contribution in [0, 0.1) is 23.7 Å². The molecule has 0 saturated heterocycles. The monoisotopic (exact) mass is 384 g/mol. The first kappa shape index (κ1) is 19.9. The zero-order valence-electron chi connectivity index (χ0n) is 15.2. The van der Waals surface area contributed by atoms with Crippen molar-refractivity contribution in [2.24, 2.45) is 0 Å². The summed E-state index contributed by atoms with van der Waals surface area (Å²) in [6, 6.07) is 3.60. The van der Waals surface area contributed by atoms with Gasteiger partial charge in [0.25, 0.3) is 0 Å². The number of aliphatic hydroxyl groups excluding tert-OH is 2. The van der Waals surface area contributed by atoms with Crippen LogP contribution >= 0.6 is 0 Å². The molecule has 2 heterocycles. The maximum Gasteiger partial charge on any atom is 0.197 e. The number of aliphatic hydroxyl groups is 2. The second kappa shape index (κ2) is 10.5. The molecule has 8 heteroatoms. The Hall–Kier alpha value is -2.88. The van der Waals surface area contributed by atoms with Crippen LogP contribution < -0.4 is 0 Å². The Labute approximate surface area is 161 Å². The smallest absolute Gasteiger partial charge is 0.197 e. The van der Waals surface area contributed by atoms with Crippen LogP contribution in [0.4, 0.5) is 0 Å². The van der Waals surface area contributed by atoms with E-state index < -0.39 is 0 Å². The quantitative estimate of drug-likeness (QED) is 0.438. The average molecular weight is 384 g/mol. The molecule has 2 aromatic heterocycles. The predicted octanol–water partition coefficient (Wildman–Crippen LogP) is 1.08. The standard InChI is InChI=1S/C20H20N2O6/c23-7-1-3-9-25-11-5-19-21-15-13-18-16(14-17(15)27-19)22-20(28-18)6-12-26-10-4-2-8-24/h13-14,23-24H,5-12H2. The fraction of sp³-hybridized carbons (Fsp3) is 0.400. The molecule has 0 aliphatic rings. The largest absolute Gasteiger partial charge is 0.441 e. The van der Waals surface area contributed by atoms with Gasteiger partial charge in [-0.3, -0.25) is 0 Å². The van der Waals surface area contributed by atoms with Crippen molar-refractivity contribution in [3.05, 3.63) is 23.9 Å². The van der Waals surface area contributed by atoms with Gasteiger partial charge in [-0.25, -0.2) is 9.97 Å². The Kier molecular flexibility index (Phi) is 7.42. The van der Waals surface area contributed by atoms with Gasteiger partial charge in [-0.15, -0.1) is 0 Å². The summed E-state index contributed by atoms with van der Waals surface area (Å²) in [6.45, 7) is 1.04. The number of rotatable bonds is 8. The van der Waals surface area contributed by atoms with Gasteiger partial charge in [-0.05, 0) is 0 Å². The van der Waals surface area contributed by atoms with Crippen molar-refractivity contribution in [3.8, 4) is 23.7 Å². The first-order valence-corrected chi connectivity index (χ1v) is 8.77. The van der Waals surface area contributed by atoms with Gasteiger partial charge < -0.3 is 28.5 Å². The zero-order chi connectivity index (χ0) is 19.6. The lowest BCUT2D eigenvalue weighted by molar-refractivity contribution is 0.165. The van der Waals surface area contributed by atoms with Crippen LogP contribution in [0.3, 0.4) is 0 Å². The molecule has 3 aromatic rings. The molecule has 0 radical (unpaired) electrons. The van der Waals surface area contributed by atoms with Crippen LogP contribution in [0.15, 0.2) is 21.0 Å². The molecule has 0 aliphatic heterocycles. The lowest BCUT2D eigenvalue weighted by atomic mass is 10.3. The summed E-state index contributed by atoms with van der Waals surface area (Å²) >= 11 is 0. The number of oxazole rings is 2. The molecule has 8 nitrogen and oxygen atoms in total. The highest BCUT2D eigenvalue weighted by Crippen LogP contribution is 2.24. The molecule has 0 aliphatic carbocycles. The van der Waals surface area contributed by atoms with Crippen LogP contribution in [0.1, 0.15) is 11.8 Å². The Morgan fingerprint density at radius 3 is 1.64 bits per heavy atom. The van der Waals surface area contributed by atoms with Crippen molar-refractivity contribution >= 4 is 22.2 Å². The number of aromatic nitrogens is 2. The highest BCUT2D eigenvalue weighted by Gasteiger charge is 2.12. The summed E-state index contributed by atoms with van der Waals surface area (Å²) in [5, 5.41) is 17.1. The van der Waals surface area contributed by atoms with Crippen molar-refractivity contribution in [1.29, 1.82) is 0 Å². The highest BCUT2D eigenvalue weighted by molar-refractivity contribution is 5.89. The molecular weight excluding hydrogens is 364 g/mol. The van der Waals surface area contributed by atoms with E-state index in [9.17, 15) is 0 Å². The molecule has 0 unspecified atom stereocenters. The van der Waals surface area contributed by atoms with Gasteiger partial charge in [0.05, 0.1) is 13.2 Å². The molecule has 28 heavy (non-hydrogen) atoms. The molecule has 0 spiro atoms. The lowest BCUT2D eigenvalue weighted by Gasteiger charge is -1.95. The summed E-state index contributed by atoms with van der Waals surface area (Å²) in [4.78, 5) is 8.88. The van der Waals surface area contributed by atoms with Crippen LogP contribution in [-0.2, 0) is 22.3 Å². The second-order valence-electron chi connectivity index (χ2n) is 5.63.